The molecule has 0 spiro atoms. The van der Waals surface area contributed by atoms with Crippen LogP contribution in [0, 0.1) is 0 Å². The molecule has 33 heavy (non-hydrogen) atoms. The summed E-state index contributed by atoms with van der Waals surface area (Å²) in [5.74, 6) is -1.70. The van der Waals surface area contributed by atoms with Gasteiger partial charge in [0.25, 0.3) is 23.6 Å². The molecular formula is C21H16N6O4S2. The Kier molecular flexibility index (Phi) is 5.40. The van der Waals surface area contributed by atoms with Crippen molar-refractivity contribution in [1.29, 1.82) is 0 Å². The summed E-state index contributed by atoms with van der Waals surface area (Å²) in [6.45, 7) is 2.38. The van der Waals surface area contributed by atoms with Crippen molar-refractivity contribution < 1.29 is 19.2 Å². The fourth-order valence-electron chi connectivity index (χ4n) is 3.41. The molecule has 0 bridgehead atoms. The minimum absolute atomic E-state index is 0.309. The van der Waals surface area contributed by atoms with E-state index in [0.717, 1.165) is 32.5 Å². The van der Waals surface area contributed by atoms with Gasteiger partial charge in [-0.3, -0.25) is 24.6 Å². The summed E-state index contributed by atoms with van der Waals surface area (Å²) in [7, 11) is 0. The van der Waals surface area contributed by atoms with Gasteiger partial charge in [0.15, 0.2) is 0 Å². The zero-order valence-corrected chi connectivity index (χ0v) is 18.8. The fraction of sp³-hybridized carbons (Fsp3) is 0.0952. The summed E-state index contributed by atoms with van der Waals surface area (Å²) in [6, 6.07) is 13.2. The first-order chi connectivity index (χ1) is 16.0. The Morgan fingerprint density at radius 2 is 1.24 bits per heavy atom. The van der Waals surface area contributed by atoms with Gasteiger partial charge in [-0.15, -0.1) is 10.3 Å². The molecule has 2 aromatic rings. The molecule has 0 aliphatic carbocycles. The Balaban J connectivity index is 1.39. The number of hydrazine groups is 2. The first-order valence-electron chi connectivity index (χ1n) is 9.90. The van der Waals surface area contributed by atoms with Gasteiger partial charge >= 0.3 is 0 Å². The summed E-state index contributed by atoms with van der Waals surface area (Å²) < 4.78 is 2.10. The highest BCUT2D eigenvalue weighted by molar-refractivity contribution is 8.13. The van der Waals surface area contributed by atoms with Crippen molar-refractivity contribution in [1.82, 2.24) is 24.7 Å². The molecule has 4 amide bonds. The molecule has 10 nitrogen and oxygen atoms in total. The van der Waals surface area contributed by atoms with E-state index in [1.165, 1.54) is 5.23 Å². The molecule has 0 atom stereocenters. The lowest BCUT2D eigenvalue weighted by Gasteiger charge is -2.28. The van der Waals surface area contributed by atoms with Crippen molar-refractivity contribution in [3.63, 3.8) is 0 Å². The Labute approximate surface area is 196 Å². The number of imide groups is 2. The molecular weight excluding hydrogens is 464 g/mol. The van der Waals surface area contributed by atoms with E-state index in [4.69, 9.17) is 0 Å². The van der Waals surface area contributed by atoms with Crippen LogP contribution < -0.4 is 10.9 Å². The van der Waals surface area contributed by atoms with Gasteiger partial charge in [-0.05, 0) is 24.3 Å². The van der Waals surface area contributed by atoms with E-state index in [0.29, 0.717) is 38.9 Å². The van der Waals surface area contributed by atoms with Crippen molar-refractivity contribution in [2.24, 2.45) is 5.10 Å². The molecule has 0 unspecified atom stereocenters. The Hall–Kier alpha value is -3.61. The predicted octanol–water partition coefficient (Wildman–Crippen LogP) is 2.37. The number of hydrogen-bond donors (Lipinski definition) is 2. The second-order valence-electron chi connectivity index (χ2n) is 6.97. The normalized spacial score (nSPS) is 17.2. The second-order valence-corrected chi connectivity index (χ2v) is 8.92. The molecule has 3 aliphatic heterocycles. The van der Waals surface area contributed by atoms with Crippen molar-refractivity contribution in [2.75, 3.05) is 6.54 Å². The SMILES string of the molecule is CCNN1N=C(SN2C(=O)c3ccccc3C2=O)C=C(SN2C(=O)c3ccccc3C2=O)N1. The molecule has 2 N–H and O–H groups in total. The van der Waals surface area contributed by atoms with Crippen molar-refractivity contribution in [2.45, 2.75) is 6.92 Å². The summed E-state index contributed by atoms with van der Waals surface area (Å²) in [5.41, 5.74) is 7.26. The van der Waals surface area contributed by atoms with Crippen LogP contribution in [0.1, 0.15) is 48.4 Å². The van der Waals surface area contributed by atoms with Gasteiger partial charge in [-0.1, -0.05) is 31.2 Å². The Morgan fingerprint density at radius 1 is 0.788 bits per heavy atom. The summed E-state index contributed by atoms with van der Waals surface area (Å²) in [5, 5.41) is 6.35. The van der Waals surface area contributed by atoms with E-state index in [1.807, 2.05) is 6.92 Å². The van der Waals surface area contributed by atoms with Crippen LogP contribution in [-0.4, -0.2) is 49.1 Å². The third-order valence-corrected chi connectivity index (χ3v) is 6.69. The number of hydrogen-bond acceptors (Lipinski definition) is 10. The van der Waals surface area contributed by atoms with Gasteiger partial charge in [0.1, 0.15) is 10.1 Å². The first kappa shape index (κ1) is 21.2. The number of carbonyl (C=O) groups excluding carboxylic acids is 4. The molecule has 0 saturated carbocycles. The number of benzene rings is 2. The van der Waals surface area contributed by atoms with Crippen LogP contribution in [0.25, 0.3) is 0 Å². The lowest BCUT2D eigenvalue weighted by Crippen LogP contribution is -2.46. The van der Waals surface area contributed by atoms with Gasteiger partial charge in [-0.2, -0.15) is 5.43 Å². The van der Waals surface area contributed by atoms with Crippen molar-refractivity contribution in [3.05, 3.63) is 81.9 Å². The highest BCUT2D eigenvalue weighted by Crippen LogP contribution is 2.34. The van der Waals surface area contributed by atoms with E-state index in [1.54, 1.807) is 54.6 Å². The number of amides is 4. The van der Waals surface area contributed by atoms with Gasteiger partial charge in [-0.25, -0.2) is 8.61 Å². The van der Waals surface area contributed by atoms with Crippen LogP contribution in [0.2, 0.25) is 0 Å². The number of fused-ring (bicyclic) bond motifs is 2. The quantitative estimate of drug-likeness (QED) is 0.492. The monoisotopic (exact) mass is 480 g/mol. The van der Waals surface area contributed by atoms with Crippen LogP contribution in [0.3, 0.4) is 0 Å². The molecule has 0 fully saturated rings. The lowest BCUT2D eigenvalue weighted by molar-refractivity contribution is 0.0761. The Bertz CT molecular complexity index is 1210. The summed E-state index contributed by atoms with van der Waals surface area (Å²) in [6.07, 6.45) is 1.57. The molecule has 3 heterocycles. The van der Waals surface area contributed by atoms with Crippen LogP contribution >= 0.6 is 23.9 Å². The smallest absolute Gasteiger partial charge is 0.268 e. The molecule has 5 rings (SSSR count). The number of nitrogens with one attached hydrogen (secondary N) is 2. The molecule has 0 radical (unpaired) electrons. The van der Waals surface area contributed by atoms with E-state index < -0.39 is 23.6 Å². The predicted molar refractivity (Wildman–Crippen MR) is 123 cm³/mol. The van der Waals surface area contributed by atoms with Crippen LogP contribution in [0.15, 0.2) is 64.7 Å². The molecule has 0 aromatic heterocycles. The molecule has 166 valence electrons. The van der Waals surface area contributed by atoms with Gasteiger partial charge in [0.2, 0.25) is 0 Å². The third kappa shape index (κ3) is 3.67. The van der Waals surface area contributed by atoms with E-state index in [-0.39, 0.29) is 0 Å². The van der Waals surface area contributed by atoms with Crippen LogP contribution in [0.4, 0.5) is 0 Å². The minimum Gasteiger partial charge on any atom is -0.268 e. The van der Waals surface area contributed by atoms with Gasteiger partial charge in [0.05, 0.1) is 22.3 Å². The van der Waals surface area contributed by atoms with E-state index in [9.17, 15) is 19.2 Å². The zero-order chi connectivity index (χ0) is 23.1. The minimum atomic E-state index is -0.431. The maximum absolute atomic E-state index is 12.7. The van der Waals surface area contributed by atoms with Gasteiger partial charge < -0.3 is 0 Å². The average molecular weight is 481 g/mol. The molecule has 3 aliphatic rings. The van der Waals surface area contributed by atoms with E-state index >= 15 is 0 Å². The summed E-state index contributed by atoms with van der Waals surface area (Å²) >= 11 is 1.77. The van der Waals surface area contributed by atoms with Crippen molar-refractivity contribution in [3.8, 4) is 0 Å². The highest BCUT2D eigenvalue weighted by Gasteiger charge is 2.39. The number of nitrogens with zero attached hydrogens (tertiary/aromatic N) is 4. The maximum atomic E-state index is 12.7. The zero-order valence-electron chi connectivity index (χ0n) is 17.1. The standard InChI is InChI=1S/C21H16N6O4S2/c1-2-22-27-23-16(32-25-18(28)12-7-3-4-8-13(12)19(25)29)11-17(24-27)33-26-20(30)14-9-5-6-10-15(14)21(26)31/h3-11,22-23H,2H2,1H3. The fourth-order valence-corrected chi connectivity index (χ4v) is 5.17. The summed E-state index contributed by atoms with van der Waals surface area (Å²) in [4.78, 5) is 50.9. The number of rotatable bonds is 5. The Morgan fingerprint density at radius 3 is 1.70 bits per heavy atom. The first-order valence-corrected chi connectivity index (χ1v) is 11.4. The highest BCUT2D eigenvalue weighted by atomic mass is 32.2. The van der Waals surface area contributed by atoms with Gasteiger partial charge in [0, 0.05) is 36.5 Å². The topological polar surface area (TPSA) is 114 Å². The number of carbonyl (C=O) groups is 4. The van der Waals surface area contributed by atoms with Crippen LogP contribution in [-0.2, 0) is 0 Å². The maximum Gasteiger partial charge on any atom is 0.272 e. The third-order valence-electron chi connectivity index (χ3n) is 4.87. The second kappa shape index (κ2) is 8.39. The van der Waals surface area contributed by atoms with E-state index in [2.05, 4.69) is 16.0 Å². The lowest BCUT2D eigenvalue weighted by atomic mass is 10.1. The molecule has 2 aromatic carbocycles. The van der Waals surface area contributed by atoms with Crippen molar-refractivity contribution >= 4 is 52.6 Å². The molecule has 12 heteroatoms. The molecule has 0 saturated heterocycles. The van der Waals surface area contributed by atoms with Crippen LogP contribution in [0.5, 0.6) is 0 Å². The average Bonchev–Trinajstić information content (AvgIpc) is 3.20. The number of hydrazone groups is 1. The largest absolute Gasteiger partial charge is 0.272 e.